The van der Waals surface area contributed by atoms with E-state index < -0.39 is 0 Å². The molecule has 3 rings (SSSR count). The van der Waals surface area contributed by atoms with E-state index in [4.69, 9.17) is 4.99 Å². The number of nitrogens with zero attached hydrogens (tertiary/aromatic N) is 1. The predicted octanol–water partition coefficient (Wildman–Crippen LogP) is 4.41. The summed E-state index contributed by atoms with van der Waals surface area (Å²) in [4.78, 5) is 4.82. The van der Waals surface area contributed by atoms with Crippen molar-refractivity contribution in [3.63, 3.8) is 0 Å². The summed E-state index contributed by atoms with van der Waals surface area (Å²) in [5, 5.41) is 0. The Morgan fingerprint density at radius 3 is 2.18 bits per heavy atom. The summed E-state index contributed by atoms with van der Waals surface area (Å²) in [6.07, 6.45) is 9.02. The summed E-state index contributed by atoms with van der Waals surface area (Å²) in [6, 6.07) is 21.6. The Balaban J connectivity index is 1.71. The van der Waals surface area contributed by atoms with E-state index in [0.29, 0.717) is 19.3 Å². The van der Waals surface area contributed by atoms with Crippen LogP contribution in [0, 0.1) is 0 Å². The van der Waals surface area contributed by atoms with Gasteiger partial charge in [-0.25, -0.2) is 0 Å². The summed E-state index contributed by atoms with van der Waals surface area (Å²) in [5.41, 5.74) is 1.30. The van der Waals surface area contributed by atoms with Gasteiger partial charge >= 0.3 is 140 Å². The molecule has 0 saturated heterocycles. The van der Waals surface area contributed by atoms with Crippen molar-refractivity contribution in [3.8, 4) is 0 Å². The normalized spacial score (nSPS) is 17.6. The Morgan fingerprint density at radius 1 is 0.864 bits per heavy atom. The van der Waals surface area contributed by atoms with Gasteiger partial charge in [0.25, 0.3) is 0 Å². The topological polar surface area (TPSA) is 12.4 Å². The predicted molar refractivity (Wildman–Crippen MR) is 96.2 cm³/mol. The first kappa shape index (κ1) is 15.5. The van der Waals surface area contributed by atoms with Gasteiger partial charge in [0, 0.05) is 0 Å². The van der Waals surface area contributed by atoms with Crippen LogP contribution in [0.3, 0.4) is 0 Å². The van der Waals surface area contributed by atoms with E-state index >= 15 is 0 Å². The van der Waals surface area contributed by atoms with Gasteiger partial charge in [-0.3, -0.25) is 0 Å². The van der Waals surface area contributed by atoms with Crippen LogP contribution in [0.25, 0.3) is 0 Å². The van der Waals surface area contributed by atoms with Crippen LogP contribution in [-0.2, 0) is 6.54 Å². The zero-order valence-electron chi connectivity index (χ0n) is 12.9. The summed E-state index contributed by atoms with van der Waals surface area (Å²) in [7, 11) is 0. The molecule has 22 heavy (non-hydrogen) atoms. The molecule has 0 radical (unpaired) electrons. The van der Waals surface area contributed by atoms with E-state index in [1.807, 2.05) is 0 Å². The maximum absolute atomic E-state index is 4.82. The van der Waals surface area contributed by atoms with E-state index in [1.54, 1.807) is 0 Å². The van der Waals surface area contributed by atoms with Crippen molar-refractivity contribution in [2.45, 2.75) is 43.0 Å². The molecule has 0 amide bonds. The fourth-order valence-corrected chi connectivity index (χ4v) is 5.93. The Labute approximate surface area is 140 Å². The van der Waals surface area contributed by atoms with Gasteiger partial charge in [0.05, 0.1) is 0 Å². The first-order valence-electron chi connectivity index (χ1n) is 8.15. The molecule has 2 aromatic carbocycles. The number of hydrogen-bond acceptors (Lipinski definition) is 1. The van der Waals surface area contributed by atoms with Gasteiger partial charge in [0.1, 0.15) is 0 Å². The molecule has 2 heteroatoms. The molecule has 1 saturated carbocycles. The van der Waals surface area contributed by atoms with Crippen molar-refractivity contribution in [2.75, 3.05) is 0 Å². The molecule has 0 N–H and O–H groups in total. The second kappa shape index (κ2) is 7.76. The molecule has 0 bridgehead atoms. The zero-order valence-corrected chi connectivity index (χ0v) is 14.7. The molecule has 0 spiro atoms. The van der Waals surface area contributed by atoms with Gasteiger partial charge < -0.3 is 0 Å². The molecule has 1 nitrogen and oxygen atoms in total. The number of hydrogen-bond donors (Lipinski definition) is 0. The van der Waals surface area contributed by atoms with Crippen LogP contribution in [0.1, 0.15) is 37.7 Å². The molecular weight excluding hydrogens is 333 g/mol. The molecule has 0 unspecified atom stereocenters. The number of aliphatic imine (C=N–C) groups is 1. The Bertz CT molecular complexity index is 586. The summed E-state index contributed by atoms with van der Waals surface area (Å²) < 4.78 is 1.84. The second-order valence-electron chi connectivity index (χ2n) is 6.00. The summed E-state index contributed by atoms with van der Waals surface area (Å²) in [5.74, 6) is 0. The van der Waals surface area contributed by atoms with Gasteiger partial charge in [-0.15, -0.1) is 0 Å². The van der Waals surface area contributed by atoms with Crippen molar-refractivity contribution in [3.05, 3.63) is 66.2 Å². The van der Waals surface area contributed by atoms with Crippen LogP contribution >= 0.6 is 0 Å². The second-order valence-corrected chi connectivity index (χ2v) is 9.12. The van der Waals surface area contributed by atoms with E-state index in [2.05, 4.69) is 66.9 Å². The quantitative estimate of drug-likeness (QED) is 0.556. The number of benzene rings is 2. The average Bonchev–Trinajstić information content (AvgIpc) is 2.58. The molecule has 0 heterocycles. The number of rotatable bonds is 5. The van der Waals surface area contributed by atoms with Crippen molar-refractivity contribution in [2.24, 2.45) is 4.99 Å². The standard InChI is InChI=1S/C20H23NSe/c1-4-10-18(11-5-1)16-21-17-20(14-8-3-9-15-20)22-19-12-6-2-7-13-19/h1-2,4-7,10-13,17H,3,8-9,14-16H2. The van der Waals surface area contributed by atoms with E-state index in [1.165, 1.54) is 42.1 Å². The first-order chi connectivity index (χ1) is 10.9. The Morgan fingerprint density at radius 2 is 1.50 bits per heavy atom. The van der Waals surface area contributed by atoms with E-state index in [-0.39, 0.29) is 0 Å². The molecule has 114 valence electrons. The average molecular weight is 356 g/mol. The van der Waals surface area contributed by atoms with Crippen LogP contribution in [0.15, 0.2) is 65.7 Å². The fourth-order valence-electron chi connectivity index (χ4n) is 3.03. The summed E-state index contributed by atoms with van der Waals surface area (Å²) >= 11 is 0.481. The maximum atomic E-state index is 4.82. The first-order valence-corrected chi connectivity index (χ1v) is 9.87. The fraction of sp³-hybridized carbons (Fsp3) is 0.350. The van der Waals surface area contributed by atoms with Crippen LogP contribution in [0.2, 0.25) is 4.31 Å². The third-order valence-electron chi connectivity index (χ3n) is 4.21. The van der Waals surface area contributed by atoms with Crippen molar-refractivity contribution < 1.29 is 0 Å². The van der Waals surface area contributed by atoms with Gasteiger partial charge in [-0.2, -0.15) is 0 Å². The van der Waals surface area contributed by atoms with Gasteiger partial charge in [0.15, 0.2) is 0 Å². The minimum atomic E-state index is 0.335. The van der Waals surface area contributed by atoms with Gasteiger partial charge in [0.2, 0.25) is 0 Å². The van der Waals surface area contributed by atoms with Crippen LogP contribution < -0.4 is 4.46 Å². The third-order valence-corrected chi connectivity index (χ3v) is 7.20. The Kier molecular flexibility index (Phi) is 5.48. The third kappa shape index (κ3) is 4.32. The van der Waals surface area contributed by atoms with Crippen molar-refractivity contribution >= 4 is 25.6 Å². The van der Waals surface area contributed by atoms with Crippen molar-refractivity contribution in [1.82, 2.24) is 0 Å². The van der Waals surface area contributed by atoms with Crippen LogP contribution in [-0.4, -0.2) is 21.2 Å². The monoisotopic (exact) mass is 357 g/mol. The zero-order chi connectivity index (χ0) is 15.1. The molecule has 1 aliphatic carbocycles. The van der Waals surface area contributed by atoms with E-state index in [9.17, 15) is 0 Å². The van der Waals surface area contributed by atoms with E-state index in [0.717, 1.165) is 6.54 Å². The molecule has 2 aromatic rings. The van der Waals surface area contributed by atoms with Crippen LogP contribution in [0.5, 0.6) is 0 Å². The molecule has 1 aliphatic rings. The van der Waals surface area contributed by atoms with Crippen molar-refractivity contribution in [1.29, 1.82) is 0 Å². The Hall–Kier alpha value is -1.37. The van der Waals surface area contributed by atoms with Gasteiger partial charge in [-0.05, 0) is 0 Å². The molecule has 1 fully saturated rings. The molecule has 0 aromatic heterocycles. The molecular formula is C20H23NSe. The minimum absolute atomic E-state index is 0.335. The SMILES string of the molecule is C(=NCc1ccccc1)C1([Se]c2ccccc2)CCCCC1. The summed E-state index contributed by atoms with van der Waals surface area (Å²) in [6.45, 7) is 0.813. The van der Waals surface area contributed by atoms with Crippen LogP contribution in [0.4, 0.5) is 0 Å². The molecule has 0 atom stereocenters. The van der Waals surface area contributed by atoms with Gasteiger partial charge in [-0.1, -0.05) is 0 Å². The molecule has 0 aliphatic heterocycles.